The lowest BCUT2D eigenvalue weighted by Gasteiger charge is -2.50. The molecule has 0 bridgehead atoms. The van der Waals surface area contributed by atoms with Crippen molar-refractivity contribution in [2.45, 2.75) is 97.5 Å². The number of ketones is 1. The molecule has 0 saturated heterocycles. The minimum absolute atomic E-state index is 0.118. The van der Waals surface area contributed by atoms with E-state index in [1.807, 2.05) is 13.0 Å². The molecule has 0 heterocycles. The molecule has 3 aliphatic carbocycles. The zero-order chi connectivity index (χ0) is 21.9. The van der Waals surface area contributed by atoms with E-state index in [2.05, 4.69) is 13.8 Å². The highest BCUT2D eigenvalue weighted by Crippen LogP contribution is 2.62. The maximum Gasteiger partial charge on any atom is 0.305 e. The van der Waals surface area contributed by atoms with Crippen LogP contribution in [0.25, 0.3) is 0 Å². The van der Waals surface area contributed by atoms with E-state index in [0.29, 0.717) is 48.7 Å². The third kappa shape index (κ3) is 4.69. The lowest BCUT2D eigenvalue weighted by Crippen LogP contribution is -2.46. The van der Waals surface area contributed by atoms with Crippen molar-refractivity contribution in [3.63, 3.8) is 0 Å². The van der Waals surface area contributed by atoms with Crippen LogP contribution in [0.4, 0.5) is 0 Å². The maximum absolute atomic E-state index is 13.7. The van der Waals surface area contributed by atoms with Crippen LogP contribution in [0.5, 0.6) is 0 Å². The van der Waals surface area contributed by atoms with Crippen LogP contribution in [0.2, 0.25) is 0 Å². The number of carbonyl (C=O) groups is 2. The van der Waals surface area contributed by atoms with Crippen LogP contribution in [-0.2, 0) is 14.3 Å². The van der Waals surface area contributed by atoms with Crippen LogP contribution in [0, 0.1) is 35.0 Å². The average molecular weight is 419 g/mol. The molecule has 0 aromatic rings. The number of Topliss-reactive ketones (excluding diaryl/α,β-unsaturated/α-hetero) is 1. The number of hydrogen-bond donors (Lipinski definition) is 1. The molecule has 3 aliphatic rings. The molecule has 170 valence electrons. The van der Waals surface area contributed by atoms with E-state index in [1.165, 1.54) is 20.0 Å². The Labute approximate surface area is 182 Å². The van der Waals surface area contributed by atoms with Gasteiger partial charge in [-0.15, -0.1) is 0 Å². The van der Waals surface area contributed by atoms with Crippen molar-refractivity contribution in [3.8, 4) is 0 Å². The van der Waals surface area contributed by atoms with E-state index < -0.39 is 0 Å². The van der Waals surface area contributed by atoms with Crippen molar-refractivity contribution in [1.29, 1.82) is 0 Å². The molecule has 4 unspecified atom stereocenters. The summed E-state index contributed by atoms with van der Waals surface area (Å²) in [6, 6.07) is 0. The highest BCUT2D eigenvalue weighted by Gasteiger charge is 2.56. The predicted molar refractivity (Wildman–Crippen MR) is 119 cm³/mol. The van der Waals surface area contributed by atoms with Crippen LogP contribution in [0.3, 0.4) is 0 Å². The quantitative estimate of drug-likeness (QED) is 0.485. The summed E-state index contributed by atoms with van der Waals surface area (Å²) in [5.41, 5.74) is 1.13. The molecule has 0 aromatic heterocycles. The van der Waals surface area contributed by atoms with Gasteiger partial charge in [0.15, 0.2) is 5.78 Å². The van der Waals surface area contributed by atoms with Gasteiger partial charge in [0.05, 0.1) is 13.2 Å². The van der Waals surface area contributed by atoms with Gasteiger partial charge in [-0.25, -0.2) is 0 Å². The molecule has 0 spiro atoms. The fourth-order valence-electron chi connectivity index (χ4n) is 7.27. The first kappa shape index (κ1) is 23.5. The summed E-state index contributed by atoms with van der Waals surface area (Å²) in [6.07, 6.45) is 12.1. The van der Waals surface area contributed by atoms with Crippen molar-refractivity contribution < 1.29 is 19.4 Å². The van der Waals surface area contributed by atoms with Crippen LogP contribution < -0.4 is 0 Å². The van der Waals surface area contributed by atoms with E-state index >= 15 is 0 Å². The molecule has 3 saturated carbocycles. The van der Waals surface area contributed by atoms with Crippen LogP contribution in [-0.4, -0.2) is 30.1 Å². The van der Waals surface area contributed by atoms with Gasteiger partial charge in [0, 0.05) is 12.3 Å². The zero-order valence-corrected chi connectivity index (χ0v) is 19.5. The van der Waals surface area contributed by atoms with Crippen molar-refractivity contribution in [3.05, 3.63) is 11.6 Å². The molecule has 0 radical (unpaired) electrons. The second kappa shape index (κ2) is 9.97. The normalized spacial score (nSPS) is 39.8. The molecular weight excluding hydrogens is 376 g/mol. The SMILES string of the molecule is C/C=C1/CC[C@H](O)CCCC2CC[C@@]3(C)C(CCC3[C@H](C)CCC(=O)OC)C2C1=O. The van der Waals surface area contributed by atoms with Crippen LogP contribution in [0.1, 0.15) is 91.4 Å². The Morgan fingerprint density at radius 2 is 2.00 bits per heavy atom. The number of esters is 1. The van der Waals surface area contributed by atoms with E-state index in [4.69, 9.17) is 4.74 Å². The number of hydrogen-bond acceptors (Lipinski definition) is 4. The van der Waals surface area contributed by atoms with E-state index in [9.17, 15) is 14.7 Å². The number of aliphatic hydroxyl groups is 1. The molecule has 7 atom stereocenters. The number of carbonyl (C=O) groups excluding carboxylic acids is 2. The van der Waals surface area contributed by atoms with Gasteiger partial charge in [-0.1, -0.05) is 26.3 Å². The fourth-order valence-corrected chi connectivity index (χ4v) is 7.27. The van der Waals surface area contributed by atoms with Gasteiger partial charge in [0.2, 0.25) is 0 Å². The van der Waals surface area contributed by atoms with Crippen LogP contribution in [0.15, 0.2) is 11.6 Å². The Hall–Kier alpha value is -1.16. The lowest BCUT2D eigenvalue weighted by atomic mass is 9.54. The highest BCUT2D eigenvalue weighted by molar-refractivity contribution is 5.97. The van der Waals surface area contributed by atoms with Crippen LogP contribution >= 0.6 is 0 Å². The molecular formula is C26H42O4. The standard InChI is InChI=1S/C26H42O4/c1-5-18-10-11-20(27)8-6-7-19-15-16-26(3)21(17(2)9-14-23(28)30-4)12-13-22(26)24(19)25(18)29/h5,17,19-22,24,27H,6-16H2,1-4H3/b18-5-/t17-,19?,20-,21?,22?,24?,26-/m1/s1. The minimum atomic E-state index is -0.273. The van der Waals surface area contributed by atoms with Gasteiger partial charge in [0.25, 0.3) is 0 Å². The summed E-state index contributed by atoms with van der Waals surface area (Å²) in [7, 11) is 1.46. The van der Waals surface area contributed by atoms with E-state index in [1.54, 1.807) is 0 Å². The summed E-state index contributed by atoms with van der Waals surface area (Å²) in [4.78, 5) is 25.4. The van der Waals surface area contributed by atoms with Gasteiger partial charge in [0.1, 0.15) is 0 Å². The first-order valence-corrected chi connectivity index (χ1v) is 12.3. The second-order valence-corrected chi connectivity index (χ2v) is 10.5. The van der Waals surface area contributed by atoms with Gasteiger partial charge in [-0.2, -0.15) is 0 Å². The highest BCUT2D eigenvalue weighted by atomic mass is 16.5. The van der Waals surface area contributed by atoms with E-state index in [0.717, 1.165) is 44.1 Å². The Bertz CT molecular complexity index is 653. The summed E-state index contributed by atoms with van der Waals surface area (Å²) in [6.45, 7) is 6.71. The molecule has 4 heteroatoms. The smallest absolute Gasteiger partial charge is 0.305 e. The molecule has 0 amide bonds. The van der Waals surface area contributed by atoms with Crippen molar-refractivity contribution in [2.75, 3.05) is 7.11 Å². The first-order valence-electron chi connectivity index (χ1n) is 12.3. The van der Waals surface area contributed by atoms with Gasteiger partial charge < -0.3 is 9.84 Å². The summed E-state index contributed by atoms with van der Waals surface area (Å²) < 4.78 is 4.85. The molecule has 0 aliphatic heterocycles. The monoisotopic (exact) mass is 418 g/mol. The van der Waals surface area contributed by atoms with Crippen molar-refractivity contribution >= 4 is 11.8 Å². The number of rotatable bonds is 4. The first-order chi connectivity index (χ1) is 14.3. The van der Waals surface area contributed by atoms with Gasteiger partial charge >= 0.3 is 5.97 Å². The largest absolute Gasteiger partial charge is 0.469 e. The van der Waals surface area contributed by atoms with Gasteiger partial charge in [-0.05, 0) is 99.4 Å². The van der Waals surface area contributed by atoms with Gasteiger partial charge in [-0.3, -0.25) is 9.59 Å². The summed E-state index contributed by atoms with van der Waals surface area (Å²) in [5, 5.41) is 10.2. The van der Waals surface area contributed by atoms with Crippen molar-refractivity contribution in [1.82, 2.24) is 0 Å². The molecule has 0 aromatic carbocycles. The molecule has 30 heavy (non-hydrogen) atoms. The second-order valence-electron chi connectivity index (χ2n) is 10.5. The molecule has 4 nitrogen and oxygen atoms in total. The van der Waals surface area contributed by atoms with E-state index in [-0.39, 0.29) is 23.4 Å². The summed E-state index contributed by atoms with van der Waals surface area (Å²) in [5.74, 6) is 2.36. The Morgan fingerprint density at radius 3 is 2.70 bits per heavy atom. The number of fused-ring (bicyclic) bond motifs is 3. The number of allylic oxidation sites excluding steroid dienone is 2. The molecule has 3 rings (SSSR count). The Morgan fingerprint density at radius 1 is 1.23 bits per heavy atom. The third-order valence-corrected chi connectivity index (χ3v) is 9.02. The Kier molecular flexibility index (Phi) is 7.81. The zero-order valence-electron chi connectivity index (χ0n) is 19.5. The number of methoxy groups -OCH3 is 1. The third-order valence-electron chi connectivity index (χ3n) is 9.02. The molecule has 3 fully saturated rings. The topological polar surface area (TPSA) is 63.6 Å². The number of aliphatic hydroxyl groups excluding tert-OH is 1. The number of ether oxygens (including phenoxy) is 1. The molecule has 1 N–H and O–H groups in total. The minimum Gasteiger partial charge on any atom is -0.469 e. The lowest BCUT2D eigenvalue weighted by molar-refractivity contribution is -0.141. The summed E-state index contributed by atoms with van der Waals surface area (Å²) >= 11 is 0. The van der Waals surface area contributed by atoms with Crippen molar-refractivity contribution in [2.24, 2.45) is 35.0 Å². The predicted octanol–water partition coefficient (Wildman–Crippen LogP) is 5.47. The average Bonchev–Trinajstić information content (AvgIpc) is 3.08. The maximum atomic E-state index is 13.7. The fraction of sp³-hybridized carbons (Fsp3) is 0.846. The Balaban J connectivity index is 1.81.